The Morgan fingerprint density at radius 3 is 1.48 bits per heavy atom. The summed E-state index contributed by atoms with van der Waals surface area (Å²) < 4.78 is 94.8. The van der Waals surface area contributed by atoms with E-state index in [1.807, 2.05) is 84.9 Å². The Morgan fingerprint density at radius 1 is 0.500 bits per heavy atom. The molecule has 3 N–H and O–H groups in total. The molecule has 4 aromatic heterocycles. The molecular weight excluding hydrogens is 1070 g/mol. The Bertz CT molecular complexity index is 4050. The molecule has 0 aliphatic carbocycles. The summed E-state index contributed by atoms with van der Waals surface area (Å²) in [6.45, 7) is 4.61. The highest BCUT2D eigenvalue weighted by atomic mass is 32.2. The summed E-state index contributed by atoms with van der Waals surface area (Å²) in [4.78, 5) is 22.3. The number of nitrogens with one attached hydrogen (secondary N) is 3. The van der Waals surface area contributed by atoms with Gasteiger partial charge in [-0.3, -0.25) is 0 Å². The van der Waals surface area contributed by atoms with Crippen molar-refractivity contribution in [3.63, 3.8) is 0 Å². The SMILES string of the molecule is COC1CN(c2ccc(S(=O)(=O)N(C)CC3CCN(c4ccc(S(=O)(=O)N(C)CC5CCN(c6ccc(S(=O)(=O)N(C)C)cc6-c6cc7cccnc7[nH]6)C5)cc4-c4cc5ccccc5[nH]4)CC3)cc2-c2cc3ccccc3[nH]2)C1. The average Bonchev–Trinajstić information content (AvgIpc) is 4.33. The molecule has 3 aliphatic rings. The second-order valence-corrected chi connectivity index (χ2v) is 28.1. The van der Waals surface area contributed by atoms with E-state index in [9.17, 15) is 25.3 Å². The molecule has 12 rings (SSSR count). The van der Waals surface area contributed by atoms with Crippen LogP contribution in [0.5, 0.6) is 0 Å². The van der Waals surface area contributed by atoms with Crippen LogP contribution in [0.15, 0.2) is 154 Å². The summed E-state index contributed by atoms with van der Waals surface area (Å²) in [5.41, 5.74) is 10.0. The molecule has 0 bridgehead atoms. The smallest absolute Gasteiger partial charge is 0.242 e. The first-order valence-electron chi connectivity index (χ1n) is 27.1. The minimum atomic E-state index is -3.98. The minimum Gasteiger partial charge on any atom is -0.378 e. The number of aromatic amines is 3. The molecule has 1 unspecified atom stereocenters. The molecule has 3 aliphatic heterocycles. The Morgan fingerprint density at radius 2 is 0.950 bits per heavy atom. The molecular formula is C60H66N10O7S3. The second-order valence-electron chi connectivity index (χ2n) is 21.9. The quantitative estimate of drug-likeness (QED) is 0.0788. The summed E-state index contributed by atoms with van der Waals surface area (Å²) in [5, 5.41) is 2.96. The van der Waals surface area contributed by atoms with E-state index in [1.54, 1.807) is 63.8 Å². The van der Waals surface area contributed by atoms with Gasteiger partial charge in [-0.15, -0.1) is 0 Å². The number of pyridine rings is 1. The van der Waals surface area contributed by atoms with Crippen LogP contribution in [-0.2, 0) is 34.8 Å². The fraction of sp³-hybridized carbons (Fsp3) is 0.317. The number of sulfonamides is 3. The minimum absolute atomic E-state index is 0.0109. The van der Waals surface area contributed by atoms with Crippen molar-refractivity contribution in [3.8, 4) is 33.8 Å². The number of fused-ring (bicyclic) bond motifs is 3. The number of hydrogen-bond donors (Lipinski definition) is 3. The molecule has 0 amide bonds. The first-order chi connectivity index (χ1) is 38.4. The third kappa shape index (κ3) is 10.0. The normalized spacial score (nSPS) is 17.1. The summed E-state index contributed by atoms with van der Waals surface area (Å²) in [6, 6.07) is 42.0. The Kier molecular flexibility index (Phi) is 14.2. The van der Waals surface area contributed by atoms with Crippen molar-refractivity contribution in [2.24, 2.45) is 11.8 Å². The maximum absolute atomic E-state index is 14.7. The van der Waals surface area contributed by atoms with E-state index in [0.717, 1.165) is 110 Å². The predicted octanol–water partition coefficient (Wildman–Crippen LogP) is 9.30. The van der Waals surface area contributed by atoms with Crippen molar-refractivity contribution in [1.82, 2.24) is 32.9 Å². The van der Waals surface area contributed by atoms with Crippen LogP contribution in [0.25, 0.3) is 66.6 Å². The molecule has 7 heterocycles. The van der Waals surface area contributed by atoms with Crippen LogP contribution >= 0.6 is 0 Å². The van der Waals surface area contributed by atoms with Gasteiger partial charge in [-0.2, -0.15) is 0 Å². The summed E-state index contributed by atoms with van der Waals surface area (Å²) in [7, 11) is -3.52. The highest BCUT2D eigenvalue weighted by molar-refractivity contribution is 7.89. The highest BCUT2D eigenvalue weighted by Crippen LogP contribution is 2.41. The molecule has 0 saturated carbocycles. The van der Waals surface area contributed by atoms with Crippen molar-refractivity contribution in [2.75, 3.05) is 102 Å². The molecule has 3 saturated heterocycles. The van der Waals surface area contributed by atoms with Crippen LogP contribution in [-0.4, -0.2) is 152 Å². The Labute approximate surface area is 467 Å². The zero-order valence-electron chi connectivity index (χ0n) is 45.5. The van der Waals surface area contributed by atoms with Gasteiger partial charge in [-0.25, -0.2) is 43.2 Å². The number of rotatable bonds is 17. The third-order valence-corrected chi connectivity index (χ3v) is 22.0. The van der Waals surface area contributed by atoms with Gasteiger partial charge in [0, 0.05) is 172 Å². The van der Waals surface area contributed by atoms with Crippen molar-refractivity contribution in [2.45, 2.75) is 40.1 Å². The monoisotopic (exact) mass is 1130 g/mol. The molecule has 0 spiro atoms. The van der Waals surface area contributed by atoms with Crippen LogP contribution in [0.3, 0.4) is 0 Å². The van der Waals surface area contributed by atoms with Crippen LogP contribution in [0.1, 0.15) is 19.3 Å². The number of para-hydroxylation sites is 2. The van der Waals surface area contributed by atoms with Crippen molar-refractivity contribution < 1.29 is 30.0 Å². The lowest BCUT2D eigenvalue weighted by molar-refractivity contribution is 0.0788. The first kappa shape index (κ1) is 53.6. The van der Waals surface area contributed by atoms with E-state index in [0.29, 0.717) is 38.4 Å². The van der Waals surface area contributed by atoms with Crippen LogP contribution < -0.4 is 14.7 Å². The average molecular weight is 1140 g/mol. The molecule has 80 heavy (non-hydrogen) atoms. The van der Waals surface area contributed by atoms with Gasteiger partial charge < -0.3 is 34.4 Å². The predicted molar refractivity (Wildman–Crippen MR) is 318 cm³/mol. The topological polar surface area (TPSA) is 191 Å². The molecule has 1 atom stereocenters. The standard InChI is InChI=1S/C60H66N10O7S3/c1-65(2)78(71,72)46-16-20-58(51(32-46)56-31-44-13-10-25-61-60(44)64-56)69-28-24-41(37-69)36-67(4)80(75,76)47-17-19-57(49(33-47)54-29-42-11-6-8-14-52(42)62-54)68-26-22-40(23-27-68)35-66(3)79(73,74)48-18-21-59(70-38-45(39-70)77-5)50(34-48)55-30-43-12-7-9-15-53(43)63-55/h6-21,25,29-34,40-41,45,62-63H,22-24,26-28,35-39H2,1-5H3,(H,61,64). The van der Waals surface area contributed by atoms with Crippen LogP contribution in [0.4, 0.5) is 17.1 Å². The third-order valence-electron chi connectivity index (χ3n) is 16.6. The zero-order valence-corrected chi connectivity index (χ0v) is 48.0. The van der Waals surface area contributed by atoms with Gasteiger partial charge in [0.2, 0.25) is 30.1 Å². The number of anilines is 3. The zero-order chi connectivity index (χ0) is 55.7. The lowest BCUT2D eigenvalue weighted by Crippen LogP contribution is -2.52. The van der Waals surface area contributed by atoms with Gasteiger partial charge >= 0.3 is 0 Å². The van der Waals surface area contributed by atoms with E-state index in [4.69, 9.17) is 4.74 Å². The van der Waals surface area contributed by atoms with Gasteiger partial charge in [0.05, 0.1) is 20.8 Å². The van der Waals surface area contributed by atoms with Crippen LogP contribution in [0.2, 0.25) is 0 Å². The molecule has 3 fully saturated rings. The maximum atomic E-state index is 14.7. The fourth-order valence-corrected chi connectivity index (χ4v) is 15.4. The molecule has 9 aromatic rings. The molecule has 0 radical (unpaired) electrons. The fourth-order valence-electron chi connectivity index (χ4n) is 11.9. The largest absolute Gasteiger partial charge is 0.378 e. The van der Waals surface area contributed by atoms with E-state index in [1.165, 1.54) is 27.0 Å². The van der Waals surface area contributed by atoms with Crippen LogP contribution in [0, 0.1) is 11.8 Å². The molecule has 17 nitrogen and oxygen atoms in total. The lowest BCUT2D eigenvalue weighted by atomic mass is 9.95. The van der Waals surface area contributed by atoms with Gasteiger partial charge in [0.1, 0.15) is 5.65 Å². The van der Waals surface area contributed by atoms with Gasteiger partial charge in [-0.1, -0.05) is 36.4 Å². The number of piperidine rings is 1. The van der Waals surface area contributed by atoms with Gasteiger partial charge in [-0.05, 0) is 128 Å². The molecule has 20 heteroatoms. The van der Waals surface area contributed by atoms with E-state index < -0.39 is 30.1 Å². The summed E-state index contributed by atoms with van der Waals surface area (Å²) >= 11 is 0. The summed E-state index contributed by atoms with van der Waals surface area (Å²) in [6.07, 6.45) is 4.04. The highest BCUT2D eigenvalue weighted by Gasteiger charge is 2.35. The van der Waals surface area contributed by atoms with E-state index >= 15 is 0 Å². The number of nitrogens with zero attached hydrogens (tertiary/aromatic N) is 7. The van der Waals surface area contributed by atoms with E-state index in [-0.39, 0.29) is 39.2 Å². The number of H-pyrrole nitrogens is 3. The first-order valence-corrected chi connectivity index (χ1v) is 31.4. The number of benzene rings is 5. The van der Waals surface area contributed by atoms with E-state index in [2.05, 4.69) is 46.8 Å². The molecule has 416 valence electrons. The number of methoxy groups -OCH3 is 1. The Balaban J connectivity index is 0.755. The van der Waals surface area contributed by atoms with Crippen molar-refractivity contribution in [1.29, 1.82) is 0 Å². The lowest BCUT2D eigenvalue weighted by Gasteiger charge is -2.41. The number of aromatic nitrogens is 4. The summed E-state index contributed by atoms with van der Waals surface area (Å²) in [5.74, 6) is 0.0844. The maximum Gasteiger partial charge on any atom is 0.242 e. The van der Waals surface area contributed by atoms with Gasteiger partial charge in [0.25, 0.3) is 0 Å². The molecule has 5 aromatic carbocycles. The number of ether oxygens (including phenoxy) is 1. The van der Waals surface area contributed by atoms with Gasteiger partial charge in [0.15, 0.2) is 0 Å². The Hall–Kier alpha value is -7.04. The van der Waals surface area contributed by atoms with Crippen molar-refractivity contribution in [3.05, 3.63) is 140 Å². The second kappa shape index (κ2) is 21.1. The van der Waals surface area contributed by atoms with Crippen molar-refractivity contribution >= 4 is 80.0 Å². The number of hydrogen-bond acceptors (Lipinski definition) is 11.